The van der Waals surface area contributed by atoms with Crippen LogP contribution in [0.1, 0.15) is 18.4 Å². The predicted octanol–water partition coefficient (Wildman–Crippen LogP) is 5.46. The van der Waals surface area contributed by atoms with E-state index in [0.717, 1.165) is 29.5 Å². The molecule has 0 spiro atoms. The second kappa shape index (κ2) is 7.83. The molecule has 0 fully saturated rings. The molecule has 2 aromatic carbocycles. The highest BCUT2D eigenvalue weighted by molar-refractivity contribution is 9.09. The summed E-state index contributed by atoms with van der Waals surface area (Å²) in [7, 11) is 0. The quantitative estimate of drug-likeness (QED) is 0.404. The summed E-state index contributed by atoms with van der Waals surface area (Å²) in [5, 5.41) is 1.23. The van der Waals surface area contributed by atoms with Gasteiger partial charge in [0.2, 0.25) is 0 Å². The smallest absolute Gasteiger partial charge is 0.196 e. The third-order valence-corrected chi connectivity index (χ3v) is 4.55. The highest BCUT2D eigenvalue weighted by Gasteiger charge is 2.13. The average Bonchev–Trinajstić information content (AvgIpc) is 2.63. The molecule has 25 heavy (non-hydrogen) atoms. The molecular weight excluding hydrogens is 387 g/mol. The van der Waals surface area contributed by atoms with Crippen LogP contribution >= 0.6 is 15.9 Å². The number of rotatable bonds is 6. The van der Waals surface area contributed by atoms with Crippen LogP contribution in [0.5, 0.6) is 5.75 Å². The second-order valence-corrected chi connectivity index (χ2v) is 6.59. The van der Waals surface area contributed by atoms with Crippen LogP contribution in [0.4, 0.5) is 4.39 Å². The second-order valence-electron chi connectivity index (χ2n) is 5.79. The number of hydrogen-bond acceptors (Lipinski definition) is 3. The molecule has 0 N–H and O–H groups in total. The van der Waals surface area contributed by atoms with Crippen molar-refractivity contribution in [3.63, 3.8) is 0 Å². The lowest BCUT2D eigenvalue weighted by molar-refractivity contribution is 0.310. The minimum Gasteiger partial charge on any atom is -0.494 e. The van der Waals surface area contributed by atoms with Crippen molar-refractivity contribution >= 4 is 26.9 Å². The van der Waals surface area contributed by atoms with E-state index in [1.807, 2.05) is 24.3 Å². The van der Waals surface area contributed by atoms with E-state index in [1.165, 1.54) is 18.2 Å². The van der Waals surface area contributed by atoms with E-state index in [4.69, 9.17) is 9.15 Å². The number of alkyl halides is 1. The highest BCUT2D eigenvalue weighted by Crippen LogP contribution is 2.27. The Labute approximate surface area is 153 Å². The number of fused-ring (bicyclic) bond motifs is 1. The Morgan fingerprint density at radius 1 is 1.12 bits per heavy atom. The maximum absolute atomic E-state index is 13.4. The van der Waals surface area contributed by atoms with Gasteiger partial charge < -0.3 is 9.15 Å². The molecule has 0 unspecified atom stereocenters. The Morgan fingerprint density at radius 3 is 2.60 bits per heavy atom. The summed E-state index contributed by atoms with van der Waals surface area (Å²) in [5.74, 6) is 0.824. The molecule has 0 amide bonds. The van der Waals surface area contributed by atoms with Crippen LogP contribution in [0.2, 0.25) is 0 Å². The molecule has 3 rings (SSSR count). The van der Waals surface area contributed by atoms with Gasteiger partial charge in [0.25, 0.3) is 0 Å². The first-order valence-electron chi connectivity index (χ1n) is 8.12. The Morgan fingerprint density at radius 2 is 1.88 bits per heavy atom. The summed E-state index contributed by atoms with van der Waals surface area (Å²) in [4.78, 5) is 12.5. The Balaban J connectivity index is 1.90. The SMILES string of the molecule is Cc1c(-c2ccc(OCCCCBr)cc2)oc2ccc(F)cc2c1=O. The third kappa shape index (κ3) is 3.93. The van der Waals surface area contributed by atoms with Crippen molar-refractivity contribution in [3.05, 3.63) is 64.1 Å². The fourth-order valence-electron chi connectivity index (χ4n) is 2.62. The third-order valence-electron chi connectivity index (χ3n) is 3.99. The van der Waals surface area contributed by atoms with Gasteiger partial charge in [-0.1, -0.05) is 15.9 Å². The molecule has 0 radical (unpaired) electrons. The zero-order valence-corrected chi connectivity index (χ0v) is 15.4. The van der Waals surface area contributed by atoms with E-state index >= 15 is 0 Å². The monoisotopic (exact) mass is 404 g/mol. The molecule has 1 aromatic heterocycles. The van der Waals surface area contributed by atoms with Crippen molar-refractivity contribution in [1.82, 2.24) is 0 Å². The molecule has 5 heteroatoms. The standard InChI is InChI=1S/C20H18BrFO3/c1-13-19(23)17-12-15(22)6-9-18(17)25-20(13)14-4-7-16(8-5-14)24-11-3-2-10-21/h4-9,12H,2-3,10-11H2,1H3. The molecule has 3 nitrogen and oxygen atoms in total. The van der Waals surface area contributed by atoms with Gasteiger partial charge in [-0.05, 0) is 62.2 Å². The van der Waals surface area contributed by atoms with Gasteiger partial charge >= 0.3 is 0 Å². The number of unbranched alkanes of at least 4 members (excludes halogenated alkanes) is 1. The van der Waals surface area contributed by atoms with Crippen LogP contribution in [0.25, 0.3) is 22.3 Å². The molecule has 0 aliphatic rings. The van der Waals surface area contributed by atoms with Crippen LogP contribution in [-0.2, 0) is 0 Å². The molecule has 130 valence electrons. The van der Waals surface area contributed by atoms with Crippen molar-refractivity contribution in [2.45, 2.75) is 19.8 Å². The van der Waals surface area contributed by atoms with Gasteiger partial charge in [0, 0.05) is 16.5 Å². The topological polar surface area (TPSA) is 39.4 Å². The van der Waals surface area contributed by atoms with E-state index < -0.39 is 5.82 Å². The lowest BCUT2D eigenvalue weighted by atomic mass is 10.1. The lowest BCUT2D eigenvalue weighted by Gasteiger charge is -2.09. The summed E-state index contributed by atoms with van der Waals surface area (Å²) in [6, 6.07) is 11.4. The van der Waals surface area contributed by atoms with Gasteiger partial charge in [-0.3, -0.25) is 4.79 Å². The van der Waals surface area contributed by atoms with E-state index in [1.54, 1.807) is 6.92 Å². The van der Waals surface area contributed by atoms with E-state index in [-0.39, 0.29) is 10.8 Å². The fraction of sp³-hybridized carbons (Fsp3) is 0.250. The first-order valence-corrected chi connectivity index (χ1v) is 9.24. The molecule has 0 aliphatic carbocycles. The number of benzene rings is 2. The normalized spacial score (nSPS) is 11.0. The maximum atomic E-state index is 13.4. The molecule has 1 heterocycles. The zero-order valence-electron chi connectivity index (χ0n) is 13.9. The number of hydrogen-bond donors (Lipinski definition) is 0. The Bertz CT molecular complexity index is 932. The van der Waals surface area contributed by atoms with E-state index in [9.17, 15) is 9.18 Å². The predicted molar refractivity (Wildman–Crippen MR) is 101 cm³/mol. The van der Waals surface area contributed by atoms with Gasteiger partial charge in [-0.25, -0.2) is 4.39 Å². The van der Waals surface area contributed by atoms with E-state index in [0.29, 0.717) is 23.5 Å². The number of ether oxygens (including phenoxy) is 1. The van der Waals surface area contributed by atoms with Crippen LogP contribution in [0.3, 0.4) is 0 Å². The Hall–Kier alpha value is -2.14. The molecule has 0 saturated carbocycles. The van der Waals surface area contributed by atoms with Gasteiger partial charge in [-0.15, -0.1) is 0 Å². The van der Waals surface area contributed by atoms with E-state index in [2.05, 4.69) is 15.9 Å². The molecule has 0 bridgehead atoms. The van der Waals surface area contributed by atoms with Gasteiger partial charge in [0.05, 0.1) is 12.0 Å². The van der Waals surface area contributed by atoms with Crippen LogP contribution in [0.15, 0.2) is 51.7 Å². The molecular formula is C20H18BrFO3. The molecule has 0 aliphatic heterocycles. The average molecular weight is 405 g/mol. The minimum atomic E-state index is -0.451. The zero-order chi connectivity index (χ0) is 17.8. The van der Waals surface area contributed by atoms with Crippen LogP contribution in [0, 0.1) is 12.7 Å². The fourth-order valence-corrected chi connectivity index (χ4v) is 3.02. The highest BCUT2D eigenvalue weighted by atomic mass is 79.9. The first kappa shape index (κ1) is 17.7. The van der Waals surface area contributed by atoms with Crippen LogP contribution in [-0.4, -0.2) is 11.9 Å². The first-order chi connectivity index (χ1) is 12.1. The van der Waals surface area contributed by atoms with Crippen molar-refractivity contribution in [2.75, 3.05) is 11.9 Å². The largest absolute Gasteiger partial charge is 0.494 e. The van der Waals surface area contributed by atoms with Gasteiger partial charge in [0.15, 0.2) is 5.43 Å². The Kier molecular flexibility index (Phi) is 5.53. The van der Waals surface area contributed by atoms with Crippen molar-refractivity contribution < 1.29 is 13.5 Å². The summed E-state index contributed by atoms with van der Waals surface area (Å²) < 4.78 is 24.9. The van der Waals surface area contributed by atoms with Crippen LogP contribution < -0.4 is 10.2 Å². The van der Waals surface area contributed by atoms with Crippen molar-refractivity contribution in [1.29, 1.82) is 0 Å². The summed E-state index contributed by atoms with van der Waals surface area (Å²) in [5.41, 5.74) is 1.41. The summed E-state index contributed by atoms with van der Waals surface area (Å²) in [6.45, 7) is 2.36. The molecule has 0 saturated heterocycles. The summed E-state index contributed by atoms with van der Waals surface area (Å²) in [6.07, 6.45) is 2.06. The lowest BCUT2D eigenvalue weighted by Crippen LogP contribution is -2.07. The minimum absolute atomic E-state index is 0.217. The van der Waals surface area contributed by atoms with Crippen molar-refractivity contribution in [2.24, 2.45) is 0 Å². The van der Waals surface area contributed by atoms with Crippen molar-refractivity contribution in [3.8, 4) is 17.1 Å². The molecule has 3 aromatic rings. The summed E-state index contributed by atoms with van der Waals surface area (Å²) >= 11 is 3.39. The number of halogens is 2. The van der Waals surface area contributed by atoms with Gasteiger partial charge in [0.1, 0.15) is 22.9 Å². The maximum Gasteiger partial charge on any atom is 0.196 e. The van der Waals surface area contributed by atoms with Gasteiger partial charge in [-0.2, -0.15) is 0 Å². The molecule has 0 atom stereocenters.